The number of hydrogen-bond donors (Lipinski definition) is 2. The van der Waals surface area contributed by atoms with Crippen LogP contribution in [0.4, 0.5) is 11.4 Å². The molecule has 0 atom stereocenters. The number of thiophene rings is 1. The predicted molar refractivity (Wildman–Crippen MR) is 116 cm³/mol. The number of nitrogens with one attached hydrogen (secondary N) is 2. The molecule has 0 bridgehead atoms. The Morgan fingerprint density at radius 1 is 1.04 bits per heavy atom. The first-order chi connectivity index (χ1) is 13.7. The number of amides is 2. The monoisotopic (exact) mass is 412 g/mol. The van der Waals surface area contributed by atoms with Crippen LogP contribution >= 0.6 is 23.1 Å². The molecule has 0 unspecified atom stereocenters. The second kappa shape index (κ2) is 9.96. The summed E-state index contributed by atoms with van der Waals surface area (Å²) >= 11 is 2.80. The van der Waals surface area contributed by atoms with Crippen molar-refractivity contribution in [1.82, 2.24) is 0 Å². The number of carbonyl (C=O) groups is 2. The van der Waals surface area contributed by atoms with Gasteiger partial charge in [-0.15, -0.1) is 23.1 Å². The molecule has 0 saturated carbocycles. The molecule has 3 aromatic rings. The lowest BCUT2D eigenvalue weighted by molar-refractivity contribution is -0.113. The van der Waals surface area contributed by atoms with E-state index in [2.05, 4.69) is 10.6 Å². The molecule has 28 heavy (non-hydrogen) atoms. The smallest absolute Gasteiger partial charge is 0.265 e. The molecule has 1 aromatic heterocycles. The quantitative estimate of drug-likeness (QED) is 0.503. The van der Waals surface area contributed by atoms with E-state index in [4.69, 9.17) is 4.74 Å². The highest BCUT2D eigenvalue weighted by Crippen LogP contribution is 2.26. The van der Waals surface area contributed by atoms with Gasteiger partial charge in [0, 0.05) is 10.6 Å². The van der Waals surface area contributed by atoms with Crippen molar-refractivity contribution in [3.63, 3.8) is 0 Å². The van der Waals surface area contributed by atoms with E-state index in [-0.39, 0.29) is 17.6 Å². The van der Waals surface area contributed by atoms with E-state index in [1.54, 1.807) is 6.07 Å². The van der Waals surface area contributed by atoms with E-state index in [0.29, 0.717) is 28.6 Å². The molecule has 3 rings (SSSR count). The van der Waals surface area contributed by atoms with Crippen molar-refractivity contribution in [1.29, 1.82) is 0 Å². The van der Waals surface area contributed by atoms with Crippen molar-refractivity contribution in [3.05, 3.63) is 70.9 Å². The topological polar surface area (TPSA) is 67.4 Å². The highest BCUT2D eigenvalue weighted by atomic mass is 32.2. The average Bonchev–Trinajstić information content (AvgIpc) is 3.23. The van der Waals surface area contributed by atoms with E-state index >= 15 is 0 Å². The Balaban J connectivity index is 1.56. The molecule has 2 aromatic carbocycles. The number of carbonyl (C=O) groups excluding carboxylic acids is 2. The molecule has 0 aliphatic carbocycles. The van der Waals surface area contributed by atoms with Crippen LogP contribution in [0.25, 0.3) is 0 Å². The normalized spacial score (nSPS) is 10.3. The van der Waals surface area contributed by atoms with Crippen molar-refractivity contribution < 1.29 is 14.3 Å². The summed E-state index contributed by atoms with van der Waals surface area (Å²) < 4.78 is 5.52. The number of para-hydroxylation sites is 2. The highest BCUT2D eigenvalue weighted by molar-refractivity contribution is 8.00. The molecule has 0 fully saturated rings. The summed E-state index contributed by atoms with van der Waals surface area (Å²) in [4.78, 5) is 26.0. The van der Waals surface area contributed by atoms with Gasteiger partial charge in [0.25, 0.3) is 5.91 Å². The number of hydrogen-bond acceptors (Lipinski definition) is 5. The Kier molecular flexibility index (Phi) is 7.11. The van der Waals surface area contributed by atoms with Gasteiger partial charge in [-0.05, 0) is 48.7 Å². The first kappa shape index (κ1) is 20.0. The Hall–Kier alpha value is -2.77. The third-order valence-electron chi connectivity index (χ3n) is 3.67. The highest BCUT2D eigenvalue weighted by Gasteiger charge is 2.10. The molecule has 5 nitrogen and oxygen atoms in total. The second-order valence-corrected chi connectivity index (χ2v) is 7.72. The summed E-state index contributed by atoms with van der Waals surface area (Å²) in [7, 11) is 0. The maximum Gasteiger partial charge on any atom is 0.265 e. The lowest BCUT2D eigenvalue weighted by atomic mass is 10.3. The van der Waals surface area contributed by atoms with Gasteiger partial charge in [-0.2, -0.15) is 0 Å². The number of ether oxygens (including phenoxy) is 1. The summed E-state index contributed by atoms with van der Waals surface area (Å²) in [5.41, 5.74) is 1.36. The molecule has 0 aliphatic rings. The third kappa shape index (κ3) is 5.61. The van der Waals surface area contributed by atoms with Gasteiger partial charge in [-0.3, -0.25) is 9.59 Å². The van der Waals surface area contributed by atoms with Crippen LogP contribution in [0.3, 0.4) is 0 Å². The molecule has 7 heteroatoms. The standard InChI is InChI=1S/C21H20N2O3S2/c1-2-26-18-10-4-3-9-17(18)23-20(24)14-28-16-8-5-7-15(13-16)22-21(25)19-11-6-12-27-19/h3-13H,2,14H2,1H3,(H,22,25)(H,23,24). The van der Waals surface area contributed by atoms with Crippen molar-refractivity contribution in [2.75, 3.05) is 23.0 Å². The zero-order chi connectivity index (χ0) is 19.8. The SMILES string of the molecule is CCOc1ccccc1NC(=O)CSc1cccc(NC(=O)c2cccs2)c1. The molecule has 144 valence electrons. The minimum absolute atomic E-state index is 0.120. The van der Waals surface area contributed by atoms with Crippen molar-refractivity contribution in [3.8, 4) is 5.75 Å². The molecule has 2 N–H and O–H groups in total. The van der Waals surface area contributed by atoms with E-state index < -0.39 is 0 Å². The summed E-state index contributed by atoms with van der Waals surface area (Å²) in [6.07, 6.45) is 0. The minimum atomic E-state index is -0.137. The molecule has 2 amide bonds. The first-order valence-electron chi connectivity index (χ1n) is 8.75. The van der Waals surface area contributed by atoms with Gasteiger partial charge >= 0.3 is 0 Å². The number of thioether (sulfide) groups is 1. The van der Waals surface area contributed by atoms with E-state index in [1.807, 2.05) is 66.9 Å². The van der Waals surface area contributed by atoms with Crippen molar-refractivity contribution in [2.24, 2.45) is 0 Å². The van der Waals surface area contributed by atoms with Crippen molar-refractivity contribution in [2.45, 2.75) is 11.8 Å². The van der Waals surface area contributed by atoms with E-state index in [1.165, 1.54) is 23.1 Å². The van der Waals surface area contributed by atoms with Crippen LogP contribution in [0.2, 0.25) is 0 Å². The van der Waals surface area contributed by atoms with Gasteiger partial charge in [0.1, 0.15) is 5.75 Å². The maximum atomic E-state index is 12.3. The van der Waals surface area contributed by atoms with Crippen LogP contribution in [0.15, 0.2) is 70.9 Å². The fourth-order valence-electron chi connectivity index (χ4n) is 2.45. The van der Waals surface area contributed by atoms with Crippen LogP contribution in [0.5, 0.6) is 5.75 Å². The molecular weight excluding hydrogens is 392 g/mol. The van der Waals surface area contributed by atoms with Crippen LogP contribution < -0.4 is 15.4 Å². The Morgan fingerprint density at radius 3 is 2.68 bits per heavy atom. The van der Waals surface area contributed by atoms with Gasteiger partial charge in [0.05, 0.1) is 22.9 Å². The predicted octanol–water partition coefficient (Wildman–Crippen LogP) is 5.13. The Bertz CT molecular complexity index is 942. The lowest BCUT2D eigenvalue weighted by Crippen LogP contribution is -2.15. The van der Waals surface area contributed by atoms with Crippen LogP contribution in [-0.4, -0.2) is 24.2 Å². The molecule has 0 aliphatic heterocycles. The fraction of sp³-hybridized carbons (Fsp3) is 0.143. The Morgan fingerprint density at radius 2 is 1.89 bits per heavy atom. The molecular formula is C21H20N2O3S2. The van der Waals surface area contributed by atoms with Gasteiger partial charge in [-0.25, -0.2) is 0 Å². The van der Waals surface area contributed by atoms with E-state index in [9.17, 15) is 9.59 Å². The summed E-state index contributed by atoms with van der Waals surface area (Å²) in [5, 5.41) is 7.62. The van der Waals surface area contributed by atoms with Gasteiger partial charge in [0.2, 0.25) is 5.91 Å². The largest absolute Gasteiger partial charge is 0.492 e. The summed E-state index contributed by atoms with van der Waals surface area (Å²) in [5.74, 6) is 0.650. The van der Waals surface area contributed by atoms with Crippen LogP contribution in [0.1, 0.15) is 16.6 Å². The van der Waals surface area contributed by atoms with E-state index in [0.717, 1.165) is 4.90 Å². The third-order valence-corrected chi connectivity index (χ3v) is 5.53. The minimum Gasteiger partial charge on any atom is -0.492 e. The Labute approximate surface area is 172 Å². The van der Waals surface area contributed by atoms with Crippen LogP contribution in [-0.2, 0) is 4.79 Å². The molecule has 1 heterocycles. The van der Waals surface area contributed by atoms with Gasteiger partial charge < -0.3 is 15.4 Å². The average molecular weight is 413 g/mol. The van der Waals surface area contributed by atoms with Gasteiger partial charge in [-0.1, -0.05) is 24.3 Å². The zero-order valence-electron chi connectivity index (χ0n) is 15.3. The zero-order valence-corrected chi connectivity index (χ0v) is 16.9. The summed E-state index contributed by atoms with van der Waals surface area (Å²) in [6.45, 7) is 2.43. The lowest BCUT2D eigenvalue weighted by Gasteiger charge is -2.11. The summed E-state index contributed by atoms with van der Waals surface area (Å²) in [6, 6.07) is 18.4. The molecule has 0 saturated heterocycles. The van der Waals surface area contributed by atoms with Crippen LogP contribution in [0, 0.1) is 0 Å². The number of rotatable bonds is 8. The van der Waals surface area contributed by atoms with Crippen molar-refractivity contribution >= 4 is 46.3 Å². The maximum absolute atomic E-state index is 12.3. The number of anilines is 2. The molecule has 0 spiro atoms. The fourth-order valence-corrected chi connectivity index (χ4v) is 3.82. The molecule has 0 radical (unpaired) electrons. The van der Waals surface area contributed by atoms with Gasteiger partial charge in [0.15, 0.2) is 0 Å². The second-order valence-electron chi connectivity index (χ2n) is 5.73. The number of benzene rings is 2. The first-order valence-corrected chi connectivity index (χ1v) is 10.6.